The number of rotatable bonds is 4. The molecule has 116 valence electrons. The van der Waals surface area contributed by atoms with Crippen molar-refractivity contribution in [3.8, 4) is 0 Å². The molecule has 22 heavy (non-hydrogen) atoms. The van der Waals surface area contributed by atoms with Crippen LogP contribution in [-0.4, -0.2) is 20.6 Å². The highest BCUT2D eigenvalue weighted by Crippen LogP contribution is 2.30. The molecule has 1 unspecified atom stereocenters. The molecule has 0 aliphatic carbocycles. The van der Waals surface area contributed by atoms with Crippen molar-refractivity contribution >= 4 is 40.5 Å². The summed E-state index contributed by atoms with van der Waals surface area (Å²) in [5.74, 6) is -0.438. The van der Waals surface area contributed by atoms with Gasteiger partial charge in [-0.1, -0.05) is 29.3 Å². The molecular formula is C13H12Cl2N4O3. The molecule has 1 aromatic carbocycles. The maximum atomic E-state index is 12.2. The number of hydrogen-bond donors (Lipinski definition) is 1. The fraction of sp³-hybridized carbons (Fsp3) is 0.231. The quantitative estimate of drug-likeness (QED) is 0.678. The molecule has 1 atom stereocenters. The van der Waals surface area contributed by atoms with Gasteiger partial charge in [-0.25, -0.2) is 0 Å². The predicted octanol–water partition coefficient (Wildman–Crippen LogP) is 3.61. The van der Waals surface area contributed by atoms with Gasteiger partial charge in [0.15, 0.2) is 0 Å². The average molecular weight is 343 g/mol. The van der Waals surface area contributed by atoms with E-state index in [1.807, 2.05) is 0 Å². The van der Waals surface area contributed by atoms with Crippen molar-refractivity contribution in [3.63, 3.8) is 0 Å². The molecule has 7 nitrogen and oxygen atoms in total. The van der Waals surface area contributed by atoms with E-state index in [-0.39, 0.29) is 11.4 Å². The second-order valence-electron chi connectivity index (χ2n) is 4.60. The Balaban J connectivity index is 2.23. The van der Waals surface area contributed by atoms with Gasteiger partial charge in [0, 0.05) is 0 Å². The Morgan fingerprint density at radius 2 is 2.00 bits per heavy atom. The zero-order chi connectivity index (χ0) is 16.4. The third kappa shape index (κ3) is 3.20. The standard InChI is InChI=1S/C13H12Cl2N4O3/c1-7-11(19(21)22)6-18(17-7)8(2)13(20)16-12-9(14)4-3-5-10(12)15/h3-6,8H,1-2H3,(H,16,20). The Morgan fingerprint density at radius 3 is 2.50 bits per heavy atom. The van der Waals surface area contributed by atoms with Crippen molar-refractivity contribution in [2.24, 2.45) is 0 Å². The molecule has 1 heterocycles. The van der Waals surface area contributed by atoms with Gasteiger partial charge in [0.1, 0.15) is 17.9 Å². The maximum Gasteiger partial charge on any atom is 0.309 e. The minimum absolute atomic E-state index is 0.143. The first-order valence-electron chi connectivity index (χ1n) is 6.26. The Bertz CT molecular complexity index is 725. The number of aryl methyl sites for hydroxylation is 1. The first-order valence-corrected chi connectivity index (χ1v) is 7.02. The molecule has 0 aliphatic rings. The first-order chi connectivity index (χ1) is 10.3. The second-order valence-corrected chi connectivity index (χ2v) is 5.41. The lowest BCUT2D eigenvalue weighted by Crippen LogP contribution is -2.24. The van der Waals surface area contributed by atoms with Crippen LogP contribution in [0.5, 0.6) is 0 Å². The number of carbonyl (C=O) groups is 1. The third-order valence-corrected chi connectivity index (χ3v) is 3.70. The molecule has 0 spiro atoms. The van der Waals surface area contributed by atoms with Crippen molar-refractivity contribution in [3.05, 3.63) is 50.2 Å². The summed E-state index contributed by atoms with van der Waals surface area (Å²) in [6, 6.07) is 4.08. The molecule has 0 bridgehead atoms. The van der Waals surface area contributed by atoms with Gasteiger partial charge >= 0.3 is 5.69 Å². The molecule has 1 amide bonds. The van der Waals surface area contributed by atoms with Crippen molar-refractivity contribution in [2.45, 2.75) is 19.9 Å². The first kappa shape index (κ1) is 16.3. The number of halogens is 2. The van der Waals surface area contributed by atoms with Crippen LogP contribution in [0.25, 0.3) is 0 Å². The van der Waals surface area contributed by atoms with E-state index in [4.69, 9.17) is 23.2 Å². The van der Waals surface area contributed by atoms with Crippen LogP contribution in [0.3, 0.4) is 0 Å². The fourth-order valence-corrected chi connectivity index (χ4v) is 2.31. The molecule has 0 fully saturated rings. The van der Waals surface area contributed by atoms with Crippen LogP contribution in [0, 0.1) is 17.0 Å². The van der Waals surface area contributed by atoms with E-state index in [1.54, 1.807) is 25.1 Å². The number of benzene rings is 1. The topological polar surface area (TPSA) is 90.1 Å². The van der Waals surface area contributed by atoms with Crippen molar-refractivity contribution in [1.82, 2.24) is 9.78 Å². The SMILES string of the molecule is Cc1nn(C(C)C(=O)Nc2c(Cl)cccc2Cl)cc1[N+](=O)[O-]. The summed E-state index contributed by atoms with van der Waals surface area (Å²) >= 11 is 12.0. The number of anilines is 1. The van der Waals surface area contributed by atoms with Gasteiger partial charge in [0.05, 0.1) is 20.7 Å². The molecule has 0 aliphatic heterocycles. The van der Waals surface area contributed by atoms with Gasteiger partial charge < -0.3 is 5.32 Å². The number of nitrogens with zero attached hydrogens (tertiary/aromatic N) is 3. The lowest BCUT2D eigenvalue weighted by molar-refractivity contribution is -0.385. The lowest BCUT2D eigenvalue weighted by atomic mass is 10.2. The molecule has 1 N–H and O–H groups in total. The van der Waals surface area contributed by atoms with Gasteiger partial charge in [0.2, 0.25) is 5.91 Å². The predicted molar refractivity (Wildman–Crippen MR) is 83.4 cm³/mol. The lowest BCUT2D eigenvalue weighted by Gasteiger charge is -2.14. The molecule has 0 saturated heterocycles. The van der Waals surface area contributed by atoms with E-state index in [9.17, 15) is 14.9 Å². The molecule has 2 aromatic rings. The summed E-state index contributed by atoms with van der Waals surface area (Å²) in [4.78, 5) is 22.5. The molecule has 0 radical (unpaired) electrons. The van der Waals surface area contributed by atoms with Gasteiger partial charge in [-0.3, -0.25) is 19.6 Å². The van der Waals surface area contributed by atoms with E-state index in [0.717, 1.165) is 0 Å². The van der Waals surface area contributed by atoms with E-state index in [2.05, 4.69) is 10.4 Å². The number of nitro groups is 1. The summed E-state index contributed by atoms with van der Waals surface area (Å²) in [5.41, 5.74) is 0.386. The Hall–Kier alpha value is -2.12. The van der Waals surface area contributed by atoms with Crippen LogP contribution in [-0.2, 0) is 4.79 Å². The number of para-hydroxylation sites is 1. The van der Waals surface area contributed by atoms with E-state index < -0.39 is 16.9 Å². The normalized spacial score (nSPS) is 12.0. The molecule has 0 saturated carbocycles. The van der Waals surface area contributed by atoms with Crippen LogP contribution in [0.1, 0.15) is 18.7 Å². The summed E-state index contributed by atoms with van der Waals surface area (Å²) in [6.07, 6.45) is 1.22. The Kier molecular flexibility index (Phi) is 4.68. The highest BCUT2D eigenvalue weighted by Gasteiger charge is 2.23. The number of carbonyl (C=O) groups excluding carboxylic acids is 1. The van der Waals surface area contributed by atoms with Crippen LogP contribution in [0.15, 0.2) is 24.4 Å². The van der Waals surface area contributed by atoms with Crippen LogP contribution in [0.4, 0.5) is 11.4 Å². The monoisotopic (exact) mass is 342 g/mol. The van der Waals surface area contributed by atoms with Crippen LogP contribution < -0.4 is 5.32 Å². The van der Waals surface area contributed by atoms with Gasteiger partial charge in [0.25, 0.3) is 0 Å². The van der Waals surface area contributed by atoms with Gasteiger partial charge in [-0.2, -0.15) is 5.10 Å². The highest BCUT2D eigenvalue weighted by atomic mass is 35.5. The summed E-state index contributed by atoms with van der Waals surface area (Å²) in [6.45, 7) is 3.07. The minimum Gasteiger partial charge on any atom is -0.322 e. The van der Waals surface area contributed by atoms with Gasteiger partial charge in [-0.15, -0.1) is 0 Å². The van der Waals surface area contributed by atoms with E-state index in [0.29, 0.717) is 15.7 Å². The number of amides is 1. The summed E-state index contributed by atoms with van der Waals surface area (Å²) in [7, 11) is 0. The fourth-order valence-electron chi connectivity index (χ4n) is 1.81. The molecule has 2 rings (SSSR count). The average Bonchev–Trinajstić information content (AvgIpc) is 2.84. The smallest absolute Gasteiger partial charge is 0.309 e. The maximum absolute atomic E-state index is 12.2. The minimum atomic E-state index is -0.764. The zero-order valence-corrected chi connectivity index (χ0v) is 13.2. The van der Waals surface area contributed by atoms with Crippen LogP contribution in [0.2, 0.25) is 10.0 Å². The van der Waals surface area contributed by atoms with Crippen molar-refractivity contribution in [1.29, 1.82) is 0 Å². The highest BCUT2D eigenvalue weighted by molar-refractivity contribution is 6.39. The van der Waals surface area contributed by atoms with Crippen LogP contribution >= 0.6 is 23.2 Å². The van der Waals surface area contributed by atoms with E-state index >= 15 is 0 Å². The zero-order valence-electron chi connectivity index (χ0n) is 11.7. The molecule has 1 aromatic heterocycles. The van der Waals surface area contributed by atoms with Crippen molar-refractivity contribution < 1.29 is 9.72 Å². The molecular weight excluding hydrogens is 331 g/mol. The Labute approximate surface area is 136 Å². The number of hydrogen-bond acceptors (Lipinski definition) is 4. The summed E-state index contributed by atoms with van der Waals surface area (Å²) in [5, 5.41) is 18.0. The number of nitrogens with one attached hydrogen (secondary N) is 1. The van der Waals surface area contributed by atoms with Gasteiger partial charge in [-0.05, 0) is 26.0 Å². The summed E-state index contributed by atoms with van der Waals surface area (Å²) < 4.78 is 1.23. The number of aromatic nitrogens is 2. The van der Waals surface area contributed by atoms with Crippen molar-refractivity contribution in [2.75, 3.05) is 5.32 Å². The molecule has 9 heteroatoms. The third-order valence-electron chi connectivity index (χ3n) is 3.07. The van der Waals surface area contributed by atoms with E-state index in [1.165, 1.54) is 17.8 Å². The largest absolute Gasteiger partial charge is 0.322 e. The Morgan fingerprint density at radius 1 is 1.41 bits per heavy atom. The second kappa shape index (κ2) is 6.33.